The van der Waals surface area contributed by atoms with Crippen molar-refractivity contribution in [3.8, 4) is 0 Å². The van der Waals surface area contributed by atoms with Crippen molar-refractivity contribution >= 4 is 0 Å². The van der Waals surface area contributed by atoms with Crippen molar-refractivity contribution in [1.82, 2.24) is 0 Å². The normalized spacial score (nSPS) is 22.5. The van der Waals surface area contributed by atoms with Crippen LogP contribution in [-0.4, -0.2) is 39.3 Å². The molecule has 0 aromatic rings. The molecule has 0 bridgehead atoms. The fourth-order valence-electron chi connectivity index (χ4n) is 1.68. The third kappa shape index (κ3) is 11.2. The third-order valence-corrected chi connectivity index (χ3v) is 2.65. The Morgan fingerprint density at radius 1 is 0.375 bits per heavy atom. The van der Waals surface area contributed by atoms with Crippen molar-refractivity contribution in [2.24, 2.45) is 0 Å². The Balaban J connectivity index is 0.000000205. The summed E-state index contributed by atoms with van der Waals surface area (Å²) >= 11 is 0. The standard InChI is InChI=1S/3C4H8N.Hf/c3*1-2-4-5-3-1;/h3*1-4H2;/q3*-1;. The van der Waals surface area contributed by atoms with Crippen molar-refractivity contribution in [2.75, 3.05) is 39.3 Å². The van der Waals surface area contributed by atoms with Crippen LogP contribution in [0, 0.1) is 0 Å². The molecule has 3 heterocycles. The molecule has 0 N–H and O–H groups in total. The summed E-state index contributed by atoms with van der Waals surface area (Å²) in [5.74, 6) is 0. The molecule has 3 aliphatic heterocycles. The Morgan fingerprint density at radius 2 is 0.562 bits per heavy atom. The third-order valence-electron chi connectivity index (χ3n) is 2.65. The minimum absolute atomic E-state index is 0. The molecule has 0 aliphatic carbocycles. The zero-order chi connectivity index (χ0) is 10.6. The molecule has 0 atom stereocenters. The molecular formula is C12H24HfN3-3. The molecule has 0 radical (unpaired) electrons. The maximum Gasteiger partial charge on any atom is 0 e. The quantitative estimate of drug-likeness (QED) is 0.570. The Bertz CT molecular complexity index is 74.8. The van der Waals surface area contributed by atoms with Gasteiger partial charge in [0, 0.05) is 25.8 Å². The maximum atomic E-state index is 4.08. The van der Waals surface area contributed by atoms with Gasteiger partial charge in [-0.2, -0.15) is 0 Å². The second-order valence-corrected chi connectivity index (χ2v) is 4.13. The molecule has 3 rings (SSSR count). The van der Waals surface area contributed by atoms with Crippen LogP contribution in [0.2, 0.25) is 0 Å². The summed E-state index contributed by atoms with van der Waals surface area (Å²) in [4.78, 5) is 0. The van der Waals surface area contributed by atoms with Gasteiger partial charge in [-0.1, -0.05) is 38.5 Å². The van der Waals surface area contributed by atoms with E-state index < -0.39 is 0 Å². The summed E-state index contributed by atoms with van der Waals surface area (Å²) in [5, 5.41) is 12.2. The van der Waals surface area contributed by atoms with Crippen molar-refractivity contribution in [3.05, 3.63) is 16.0 Å². The second-order valence-electron chi connectivity index (χ2n) is 4.13. The monoisotopic (exact) mass is 390 g/mol. The van der Waals surface area contributed by atoms with Gasteiger partial charge in [0.1, 0.15) is 0 Å². The van der Waals surface area contributed by atoms with Gasteiger partial charge in [-0.3, -0.25) is 0 Å². The molecule has 94 valence electrons. The van der Waals surface area contributed by atoms with Crippen LogP contribution >= 0.6 is 0 Å². The van der Waals surface area contributed by atoms with Gasteiger partial charge >= 0.3 is 0 Å². The van der Waals surface area contributed by atoms with Crippen LogP contribution in [0.4, 0.5) is 0 Å². The average Bonchev–Trinajstić information content (AvgIpc) is 3.09. The number of hydrogen-bond donors (Lipinski definition) is 0. The topological polar surface area (TPSA) is 42.3 Å². The minimum atomic E-state index is 0. The number of nitrogens with zero attached hydrogens (tertiary/aromatic N) is 3. The van der Waals surface area contributed by atoms with Crippen molar-refractivity contribution < 1.29 is 25.8 Å². The van der Waals surface area contributed by atoms with Crippen LogP contribution in [0.1, 0.15) is 38.5 Å². The predicted octanol–water partition coefficient (Wildman–Crippen LogP) is 3.46. The largest absolute Gasteiger partial charge is 0.662 e. The van der Waals surface area contributed by atoms with E-state index in [0.29, 0.717) is 0 Å². The van der Waals surface area contributed by atoms with Crippen molar-refractivity contribution in [2.45, 2.75) is 38.5 Å². The summed E-state index contributed by atoms with van der Waals surface area (Å²) in [6, 6.07) is 0. The van der Waals surface area contributed by atoms with Gasteiger partial charge in [-0.15, -0.1) is 39.3 Å². The summed E-state index contributed by atoms with van der Waals surface area (Å²) < 4.78 is 0. The van der Waals surface area contributed by atoms with Gasteiger partial charge in [0.2, 0.25) is 0 Å². The first-order valence-electron chi connectivity index (χ1n) is 6.40. The summed E-state index contributed by atoms with van der Waals surface area (Å²) in [5.41, 5.74) is 0. The molecule has 3 nitrogen and oxygen atoms in total. The van der Waals surface area contributed by atoms with Crippen LogP contribution in [0.15, 0.2) is 0 Å². The number of rotatable bonds is 0. The molecule has 16 heavy (non-hydrogen) atoms. The zero-order valence-corrected chi connectivity index (χ0v) is 13.9. The van der Waals surface area contributed by atoms with Crippen LogP contribution in [-0.2, 0) is 25.8 Å². The second kappa shape index (κ2) is 13.8. The van der Waals surface area contributed by atoms with Crippen LogP contribution in [0.3, 0.4) is 0 Å². The van der Waals surface area contributed by atoms with Gasteiger partial charge in [-0.25, -0.2) is 0 Å². The van der Waals surface area contributed by atoms with Crippen molar-refractivity contribution in [3.63, 3.8) is 0 Å². The van der Waals surface area contributed by atoms with Crippen molar-refractivity contribution in [1.29, 1.82) is 0 Å². The first-order chi connectivity index (χ1) is 7.50. The summed E-state index contributed by atoms with van der Waals surface area (Å²) in [6.07, 6.45) is 8.00. The van der Waals surface area contributed by atoms with E-state index in [1.54, 1.807) is 0 Å². The minimum Gasteiger partial charge on any atom is -0.662 e. The van der Waals surface area contributed by atoms with Gasteiger partial charge in [0.15, 0.2) is 0 Å². The molecule has 0 aromatic carbocycles. The predicted molar refractivity (Wildman–Crippen MR) is 67.0 cm³/mol. The van der Waals surface area contributed by atoms with Gasteiger partial charge in [0.05, 0.1) is 0 Å². The Kier molecular flexibility index (Phi) is 14.5. The van der Waals surface area contributed by atoms with Crippen LogP contribution < -0.4 is 0 Å². The van der Waals surface area contributed by atoms with E-state index in [2.05, 4.69) is 16.0 Å². The Labute approximate surface area is 119 Å². The molecule has 0 unspecified atom stereocenters. The first kappa shape index (κ1) is 16.8. The molecule has 3 fully saturated rings. The first-order valence-corrected chi connectivity index (χ1v) is 6.40. The molecule has 0 saturated carbocycles. The van der Waals surface area contributed by atoms with E-state index in [1.807, 2.05) is 0 Å². The number of hydrogen-bond acceptors (Lipinski definition) is 0. The van der Waals surface area contributed by atoms with Gasteiger partial charge in [0.25, 0.3) is 0 Å². The summed E-state index contributed by atoms with van der Waals surface area (Å²) in [7, 11) is 0. The maximum absolute atomic E-state index is 4.08. The Morgan fingerprint density at radius 3 is 0.625 bits per heavy atom. The molecule has 4 heteroatoms. The molecule has 0 amide bonds. The summed E-state index contributed by atoms with van der Waals surface area (Å²) in [6.45, 7) is 6.75. The zero-order valence-electron chi connectivity index (χ0n) is 10.3. The molecular weight excluding hydrogens is 365 g/mol. The average molecular weight is 389 g/mol. The van der Waals surface area contributed by atoms with Crippen LogP contribution in [0.25, 0.3) is 16.0 Å². The fourth-order valence-corrected chi connectivity index (χ4v) is 1.68. The molecule has 3 aliphatic rings. The smallest absolute Gasteiger partial charge is 0 e. The van der Waals surface area contributed by atoms with Gasteiger partial charge in [-0.05, 0) is 0 Å². The SMILES string of the molecule is C1CC[N-]C1.C1CC[N-]C1.C1CC[N-]C1.[Hf]. The van der Waals surface area contributed by atoms with E-state index in [0.717, 1.165) is 39.3 Å². The molecule has 0 spiro atoms. The van der Waals surface area contributed by atoms with E-state index in [-0.39, 0.29) is 25.8 Å². The van der Waals surface area contributed by atoms with Crippen LogP contribution in [0.5, 0.6) is 0 Å². The van der Waals surface area contributed by atoms with E-state index in [9.17, 15) is 0 Å². The van der Waals surface area contributed by atoms with E-state index >= 15 is 0 Å². The molecule has 0 aromatic heterocycles. The fraction of sp³-hybridized carbons (Fsp3) is 1.00. The van der Waals surface area contributed by atoms with E-state index in [1.165, 1.54) is 38.5 Å². The molecule has 3 saturated heterocycles. The van der Waals surface area contributed by atoms with Gasteiger partial charge < -0.3 is 16.0 Å². The van der Waals surface area contributed by atoms with E-state index in [4.69, 9.17) is 0 Å². The Hall–Kier alpha value is 0.750.